The van der Waals surface area contributed by atoms with Gasteiger partial charge in [-0.15, -0.1) is 0 Å². The Morgan fingerprint density at radius 3 is 2.45 bits per heavy atom. The van der Waals surface area contributed by atoms with Crippen molar-refractivity contribution in [2.75, 3.05) is 24.3 Å². The molecule has 4 rings (SSSR count). The fraction of sp³-hybridized carbons (Fsp3) is 0.273. The van der Waals surface area contributed by atoms with Crippen LogP contribution < -0.4 is 26.0 Å². The lowest BCUT2D eigenvalue weighted by Gasteiger charge is -2.27. The van der Waals surface area contributed by atoms with Crippen LogP contribution in [-0.4, -0.2) is 41.7 Å². The van der Waals surface area contributed by atoms with E-state index in [9.17, 15) is 18.0 Å². The van der Waals surface area contributed by atoms with Gasteiger partial charge >= 0.3 is 6.03 Å². The number of carbonyl (C=O) groups excluding carboxylic acids is 1. The summed E-state index contributed by atoms with van der Waals surface area (Å²) in [5.74, 6) is -2.15. The zero-order valence-electron chi connectivity index (χ0n) is 17.9. The number of rotatable bonds is 6. The molecule has 0 aliphatic carbocycles. The number of aryl methyl sites for hydroxylation is 1. The first-order valence-electron chi connectivity index (χ1n) is 10.2. The number of hydrogen-bond acceptors (Lipinski definition) is 5. The van der Waals surface area contributed by atoms with Gasteiger partial charge in [0, 0.05) is 55.2 Å². The predicted molar refractivity (Wildman–Crippen MR) is 117 cm³/mol. The van der Waals surface area contributed by atoms with Crippen molar-refractivity contribution < 1.29 is 22.7 Å². The van der Waals surface area contributed by atoms with Crippen molar-refractivity contribution in [2.45, 2.75) is 18.1 Å². The zero-order valence-corrected chi connectivity index (χ0v) is 17.9. The molecule has 0 bridgehead atoms. The molecule has 8 nitrogen and oxygen atoms in total. The van der Waals surface area contributed by atoms with Gasteiger partial charge in [-0.2, -0.15) is 5.10 Å². The molecule has 33 heavy (non-hydrogen) atoms. The third kappa shape index (κ3) is 5.03. The SMILES string of the molecule is COc1cc(F)c([C@@H]2CNC(Nc3ccn(C)n3)[C@H]2NC(=O)Nc2ccc(F)cc2)c(F)c1. The van der Waals surface area contributed by atoms with E-state index >= 15 is 0 Å². The lowest BCUT2D eigenvalue weighted by molar-refractivity contribution is 0.246. The van der Waals surface area contributed by atoms with Crippen LogP contribution in [0, 0.1) is 17.5 Å². The van der Waals surface area contributed by atoms with Gasteiger partial charge in [0.1, 0.15) is 29.0 Å². The molecule has 2 amide bonds. The van der Waals surface area contributed by atoms with Gasteiger partial charge in [-0.3, -0.25) is 10.00 Å². The van der Waals surface area contributed by atoms with Crippen molar-refractivity contribution in [1.82, 2.24) is 20.4 Å². The number of benzene rings is 2. The Balaban J connectivity index is 1.60. The Kier molecular flexibility index (Phi) is 6.40. The minimum absolute atomic E-state index is 0.0569. The second kappa shape index (κ2) is 9.41. The van der Waals surface area contributed by atoms with Crippen LogP contribution in [0.5, 0.6) is 5.75 Å². The van der Waals surface area contributed by atoms with Gasteiger partial charge in [0.2, 0.25) is 0 Å². The Bertz CT molecular complexity index is 1110. The van der Waals surface area contributed by atoms with Gasteiger partial charge in [0.05, 0.1) is 19.3 Å². The third-order valence-electron chi connectivity index (χ3n) is 5.43. The van der Waals surface area contributed by atoms with Crippen LogP contribution in [0.2, 0.25) is 0 Å². The fourth-order valence-electron chi connectivity index (χ4n) is 3.88. The van der Waals surface area contributed by atoms with E-state index in [1.165, 1.54) is 31.4 Å². The first-order chi connectivity index (χ1) is 15.8. The van der Waals surface area contributed by atoms with E-state index in [-0.39, 0.29) is 17.9 Å². The van der Waals surface area contributed by atoms with Crippen LogP contribution in [0.25, 0.3) is 0 Å². The highest BCUT2D eigenvalue weighted by atomic mass is 19.1. The van der Waals surface area contributed by atoms with E-state index in [1.54, 1.807) is 24.0 Å². The normalized spacial score (nSPS) is 19.8. The number of anilines is 2. The maximum Gasteiger partial charge on any atom is 0.319 e. The summed E-state index contributed by atoms with van der Waals surface area (Å²) in [5, 5.41) is 15.9. The molecule has 1 aliphatic rings. The standard InChI is InChI=1S/C22H23F3N6O2/c1-31-8-7-18(30-31)28-21-20(29-22(32)27-13-5-3-12(23)4-6-13)15(11-26-21)19-16(24)9-14(33-2)10-17(19)25/h3-10,15,20-21,26H,11H2,1-2H3,(H,28,30)(H2,27,29,32)/t15-,20-,21?/m0/s1. The number of nitrogens with zero attached hydrogens (tertiary/aromatic N) is 2. The first-order valence-corrected chi connectivity index (χ1v) is 10.2. The van der Waals surface area contributed by atoms with E-state index in [1.807, 2.05) is 0 Å². The molecule has 3 atom stereocenters. The topological polar surface area (TPSA) is 92.2 Å². The highest BCUT2D eigenvalue weighted by Crippen LogP contribution is 2.33. The van der Waals surface area contributed by atoms with E-state index in [0.717, 1.165) is 12.1 Å². The molecule has 2 heterocycles. The number of amides is 2. The summed E-state index contributed by atoms with van der Waals surface area (Å²) < 4.78 is 49.4. The second-order valence-electron chi connectivity index (χ2n) is 7.65. The molecule has 1 aromatic heterocycles. The molecule has 11 heteroatoms. The van der Waals surface area contributed by atoms with Gasteiger partial charge in [-0.25, -0.2) is 18.0 Å². The summed E-state index contributed by atoms with van der Waals surface area (Å²) in [6, 6.07) is 7.82. The maximum atomic E-state index is 14.9. The highest BCUT2D eigenvalue weighted by molar-refractivity contribution is 5.89. The first kappa shape index (κ1) is 22.5. The van der Waals surface area contributed by atoms with Crippen molar-refractivity contribution in [1.29, 1.82) is 0 Å². The molecule has 174 valence electrons. The lowest BCUT2D eigenvalue weighted by atomic mass is 9.92. The van der Waals surface area contributed by atoms with Gasteiger partial charge in [-0.05, 0) is 24.3 Å². The zero-order chi connectivity index (χ0) is 23.5. The molecule has 1 unspecified atom stereocenters. The van der Waals surface area contributed by atoms with Gasteiger partial charge < -0.3 is 20.7 Å². The summed E-state index contributed by atoms with van der Waals surface area (Å²) in [7, 11) is 3.08. The summed E-state index contributed by atoms with van der Waals surface area (Å²) in [6.07, 6.45) is 1.16. The van der Waals surface area contributed by atoms with Crippen LogP contribution in [0.1, 0.15) is 11.5 Å². The Morgan fingerprint density at radius 1 is 1.15 bits per heavy atom. The number of ether oxygens (including phenoxy) is 1. The summed E-state index contributed by atoms with van der Waals surface area (Å²) in [5.41, 5.74) is 0.202. The van der Waals surface area contributed by atoms with E-state index in [0.29, 0.717) is 11.5 Å². The monoisotopic (exact) mass is 460 g/mol. The molecule has 0 saturated carbocycles. The van der Waals surface area contributed by atoms with Gasteiger partial charge in [0.15, 0.2) is 0 Å². The van der Waals surface area contributed by atoms with Crippen LogP contribution in [0.4, 0.5) is 29.5 Å². The van der Waals surface area contributed by atoms with Gasteiger partial charge in [-0.1, -0.05) is 0 Å². The van der Waals surface area contributed by atoms with Crippen molar-refractivity contribution in [2.24, 2.45) is 7.05 Å². The third-order valence-corrected chi connectivity index (χ3v) is 5.43. The largest absolute Gasteiger partial charge is 0.497 e. The molecular formula is C22H23F3N6O2. The number of urea groups is 1. The highest BCUT2D eigenvalue weighted by Gasteiger charge is 2.41. The Hall–Kier alpha value is -3.73. The molecular weight excluding hydrogens is 437 g/mol. The second-order valence-corrected chi connectivity index (χ2v) is 7.65. The average molecular weight is 460 g/mol. The number of halogens is 3. The number of aromatic nitrogens is 2. The lowest BCUT2D eigenvalue weighted by Crippen LogP contribution is -2.50. The number of hydrogen-bond donors (Lipinski definition) is 4. The molecule has 1 saturated heterocycles. The number of methoxy groups -OCH3 is 1. The average Bonchev–Trinajstić information content (AvgIpc) is 3.35. The number of nitrogens with one attached hydrogen (secondary N) is 4. The van der Waals surface area contributed by atoms with Crippen LogP contribution in [-0.2, 0) is 7.05 Å². The van der Waals surface area contributed by atoms with E-state index in [4.69, 9.17) is 4.74 Å². The Morgan fingerprint density at radius 2 is 1.85 bits per heavy atom. The van der Waals surface area contributed by atoms with Gasteiger partial charge in [0.25, 0.3) is 0 Å². The van der Waals surface area contributed by atoms with Crippen molar-refractivity contribution in [3.05, 3.63) is 71.7 Å². The molecule has 1 fully saturated rings. The molecule has 0 radical (unpaired) electrons. The van der Waals surface area contributed by atoms with Crippen molar-refractivity contribution >= 4 is 17.5 Å². The maximum absolute atomic E-state index is 14.9. The molecule has 0 spiro atoms. The minimum Gasteiger partial charge on any atom is -0.497 e. The molecule has 4 N–H and O–H groups in total. The quantitative estimate of drug-likeness (QED) is 0.454. The van der Waals surface area contributed by atoms with Crippen molar-refractivity contribution in [3.63, 3.8) is 0 Å². The molecule has 1 aliphatic heterocycles. The van der Waals surface area contributed by atoms with Crippen LogP contribution in [0.15, 0.2) is 48.7 Å². The molecule has 2 aromatic carbocycles. The fourth-order valence-corrected chi connectivity index (χ4v) is 3.88. The minimum atomic E-state index is -0.775. The van der Waals surface area contributed by atoms with Crippen LogP contribution in [0.3, 0.4) is 0 Å². The smallest absolute Gasteiger partial charge is 0.319 e. The predicted octanol–water partition coefficient (Wildman–Crippen LogP) is 3.16. The van der Waals surface area contributed by atoms with E-state index < -0.39 is 41.6 Å². The Labute approximate surface area is 188 Å². The number of carbonyl (C=O) groups is 1. The summed E-state index contributed by atoms with van der Waals surface area (Å²) >= 11 is 0. The van der Waals surface area contributed by atoms with Crippen molar-refractivity contribution in [3.8, 4) is 5.75 Å². The molecule has 3 aromatic rings. The summed E-state index contributed by atoms with van der Waals surface area (Å²) in [6.45, 7) is 0.187. The van der Waals surface area contributed by atoms with E-state index in [2.05, 4.69) is 26.4 Å². The summed E-state index contributed by atoms with van der Waals surface area (Å²) in [4.78, 5) is 12.7. The van der Waals surface area contributed by atoms with Crippen LogP contribution >= 0.6 is 0 Å².